The number of nitrogens with two attached hydrogens (primary N) is 1. The first-order valence-electron chi connectivity index (χ1n) is 10.1. The fraction of sp³-hybridized carbons (Fsp3) is 0.450. The molecule has 1 aromatic carbocycles. The van der Waals surface area contributed by atoms with Gasteiger partial charge in [0, 0.05) is 29.7 Å². The van der Waals surface area contributed by atoms with Gasteiger partial charge in [0.15, 0.2) is 0 Å². The van der Waals surface area contributed by atoms with Crippen LogP contribution in [0.4, 0.5) is 18.9 Å². The van der Waals surface area contributed by atoms with E-state index in [1.807, 2.05) is 13.1 Å². The number of hydrogen-bond donors (Lipinski definition) is 3. The maximum Gasteiger partial charge on any atom is 0.406 e. The lowest BCUT2D eigenvalue weighted by Crippen LogP contribution is -2.53. The standard InChI is InChI=1S/C20H24F3N7O2/c1-29-6-5-15(13(24)9-29)26-14-3-2-4-16-12(14)7-17(30(16)10-20(21,22)23)19-27-18(32-28-19)8-25-11-31/h2-4,7,11,13,15,26H,5-6,8-10,24H2,1H3,(H,25,31). The molecule has 0 saturated carbocycles. The van der Waals surface area contributed by atoms with Gasteiger partial charge >= 0.3 is 6.18 Å². The van der Waals surface area contributed by atoms with Crippen LogP contribution in [0.5, 0.6) is 0 Å². The third-order valence-electron chi connectivity index (χ3n) is 5.52. The van der Waals surface area contributed by atoms with E-state index in [2.05, 4.69) is 25.7 Å². The quantitative estimate of drug-likeness (QED) is 0.471. The summed E-state index contributed by atoms with van der Waals surface area (Å²) in [5.74, 6) is 0.0988. The van der Waals surface area contributed by atoms with E-state index in [-0.39, 0.29) is 36.0 Å². The molecule has 4 rings (SSSR count). The normalized spacial score (nSPS) is 19.9. The number of aromatic nitrogens is 3. The number of amides is 1. The number of nitrogens with zero attached hydrogens (tertiary/aromatic N) is 4. The molecule has 172 valence electrons. The van der Waals surface area contributed by atoms with E-state index in [0.29, 0.717) is 23.0 Å². The lowest BCUT2D eigenvalue weighted by Gasteiger charge is -2.35. The summed E-state index contributed by atoms with van der Waals surface area (Å²) in [6, 6.07) is 6.66. The van der Waals surface area contributed by atoms with Crippen molar-refractivity contribution >= 4 is 23.0 Å². The van der Waals surface area contributed by atoms with Crippen molar-refractivity contribution in [2.24, 2.45) is 5.73 Å². The van der Waals surface area contributed by atoms with Crippen LogP contribution in [-0.2, 0) is 17.9 Å². The lowest BCUT2D eigenvalue weighted by atomic mass is 10.00. The summed E-state index contributed by atoms with van der Waals surface area (Å²) in [6.07, 6.45) is -3.16. The van der Waals surface area contributed by atoms with Gasteiger partial charge in [-0.1, -0.05) is 11.2 Å². The first kappa shape index (κ1) is 22.1. The van der Waals surface area contributed by atoms with Crippen molar-refractivity contribution in [3.63, 3.8) is 0 Å². The predicted molar refractivity (Wildman–Crippen MR) is 112 cm³/mol. The van der Waals surface area contributed by atoms with Gasteiger partial charge in [0.25, 0.3) is 0 Å². The van der Waals surface area contributed by atoms with Crippen LogP contribution in [0.3, 0.4) is 0 Å². The Bertz CT molecular complexity index is 1090. The minimum Gasteiger partial charge on any atom is -0.380 e. The van der Waals surface area contributed by atoms with Crippen LogP contribution in [0, 0.1) is 0 Å². The first-order chi connectivity index (χ1) is 15.2. The van der Waals surface area contributed by atoms with Gasteiger partial charge < -0.3 is 30.4 Å². The van der Waals surface area contributed by atoms with Gasteiger partial charge in [0.1, 0.15) is 6.54 Å². The molecule has 2 atom stereocenters. The zero-order valence-corrected chi connectivity index (χ0v) is 17.4. The summed E-state index contributed by atoms with van der Waals surface area (Å²) < 4.78 is 46.4. The monoisotopic (exact) mass is 451 g/mol. The molecular weight excluding hydrogens is 427 g/mol. The Balaban J connectivity index is 1.74. The fourth-order valence-corrected chi connectivity index (χ4v) is 4.04. The molecule has 12 heteroatoms. The van der Waals surface area contributed by atoms with Gasteiger partial charge in [-0.3, -0.25) is 4.79 Å². The van der Waals surface area contributed by atoms with E-state index < -0.39 is 12.7 Å². The predicted octanol–water partition coefficient (Wildman–Crippen LogP) is 1.94. The summed E-state index contributed by atoms with van der Waals surface area (Å²) in [7, 11) is 2.00. The SMILES string of the molecule is CN1CCC(Nc2cccc3c2cc(-c2noc(CNC=O)n2)n3CC(F)(F)F)C(N)C1. The molecule has 0 aliphatic carbocycles. The molecular formula is C20H24F3N7O2. The number of piperidine rings is 1. The molecule has 0 spiro atoms. The number of carbonyl (C=O) groups is 1. The number of alkyl halides is 3. The highest BCUT2D eigenvalue weighted by atomic mass is 19.4. The third kappa shape index (κ3) is 4.70. The molecule has 3 heterocycles. The van der Waals surface area contributed by atoms with Crippen molar-refractivity contribution in [1.82, 2.24) is 24.9 Å². The van der Waals surface area contributed by atoms with E-state index >= 15 is 0 Å². The Hall–Kier alpha value is -3.12. The number of halogens is 3. The van der Waals surface area contributed by atoms with E-state index in [0.717, 1.165) is 24.1 Å². The van der Waals surface area contributed by atoms with Crippen LogP contribution in [0.15, 0.2) is 28.8 Å². The molecule has 1 aliphatic rings. The van der Waals surface area contributed by atoms with Gasteiger partial charge in [-0.15, -0.1) is 0 Å². The number of hydrogen-bond acceptors (Lipinski definition) is 7. The summed E-state index contributed by atoms with van der Waals surface area (Å²) in [6.45, 7) is 0.382. The van der Waals surface area contributed by atoms with Gasteiger partial charge in [-0.2, -0.15) is 18.2 Å². The van der Waals surface area contributed by atoms with Gasteiger partial charge in [0.05, 0.1) is 17.8 Å². The fourth-order valence-electron chi connectivity index (χ4n) is 4.04. The van der Waals surface area contributed by atoms with Crippen molar-refractivity contribution < 1.29 is 22.5 Å². The number of anilines is 1. The summed E-state index contributed by atoms with van der Waals surface area (Å²) in [4.78, 5) is 16.8. The number of nitrogens with one attached hydrogen (secondary N) is 2. The number of rotatable bonds is 7. The van der Waals surface area contributed by atoms with E-state index in [1.54, 1.807) is 18.2 Å². The van der Waals surface area contributed by atoms with Crippen LogP contribution in [-0.4, -0.2) is 64.4 Å². The molecule has 1 aliphatic heterocycles. The van der Waals surface area contributed by atoms with Gasteiger partial charge in [-0.05, 0) is 38.2 Å². The Morgan fingerprint density at radius 2 is 2.19 bits per heavy atom. The van der Waals surface area contributed by atoms with E-state index in [1.165, 1.54) is 0 Å². The van der Waals surface area contributed by atoms with Crippen molar-refractivity contribution in [2.45, 2.75) is 37.8 Å². The highest BCUT2D eigenvalue weighted by Gasteiger charge is 2.32. The number of likely N-dealkylation sites (tertiary alicyclic amines) is 1. The number of likely N-dealkylation sites (N-methyl/N-ethyl adjacent to an activating group) is 1. The number of fused-ring (bicyclic) bond motifs is 1. The summed E-state index contributed by atoms with van der Waals surface area (Å²) in [5.41, 5.74) is 7.54. The second-order valence-electron chi connectivity index (χ2n) is 7.95. The molecule has 32 heavy (non-hydrogen) atoms. The maximum absolute atomic E-state index is 13.4. The largest absolute Gasteiger partial charge is 0.406 e. The van der Waals surface area contributed by atoms with Crippen LogP contribution >= 0.6 is 0 Å². The highest BCUT2D eigenvalue weighted by Crippen LogP contribution is 2.34. The third-order valence-corrected chi connectivity index (χ3v) is 5.52. The van der Waals surface area contributed by atoms with Crippen LogP contribution in [0.1, 0.15) is 12.3 Å². The number of benzene rings is 1. The zero-order valence-electron chi connectivity index (χ0n) is 17.4. The number of carbonyl (C=O) groups excluding carboxylic acids is 1. The Labute approximate surface area is 181 Å². The lowest BCUT2D eigenvalue weighted by molar-refractivity contribution is -0.139. The van der Waals surface area contributed by atoms with Crippen LogP contribution in [0.2, 0.25) is 0 Å². The second kappa shape index (κ2) is 8.79. The topological polar surface area (TPSA) is 114 Å². The smallest absolute Gasteiger partial charge is 0.380 e. The molecule has 2 unspecified atom stereocenters. The minimum atomic E-state index is -4.45. The molecule has 0 radical (unpaired) electrons. The van der Waals surface area contributed by atoms with Crippen molar-refractivity contribution in [1.29, 1.82) is 0 Å². The average Bonchev–Trinajstić information content (AvgIpc) is 3.33. The van der Waals surface area contributed by atoms with Crippen molar-refractivity contribution in [2.75, 3.05) is 25.5 Å². The average molecular weight is 451 g/mol. The van der Waals surface area contributed by atoms with Gasteiger partial charge in [0.2, 0.25) is 18.1 Å². The Kier molecular flexibility index (Phi) is 6.07. The van der Waals surface area contributed by atoms with Crippen LogP contribution < -0.4 is 16.4 Å². The maximum atomic E-state index is 13.4. The molecule has 3 aromatic rings. The molecule has 4 N–H and O–H groups in total. The Morgan fingerprint density at radius 3 is 2.91 bits per heavy atom. The van der Waals surface area contributed by atoms with Gasteiger partial charge in [-0.25, -0.2) is 0 Å². The summed E-state index contributed by atoms with van der Waals surface area (Å²) in [5, 5.41) is 10.2. The molecule has 1 amide bonds. The van der Waals surface area contributed by atoms with E-state index in [4.69, 9.17) is 10.3 Å². The summed E-state index contributed by atoms with van der Waals surface area (Å²) >= 11 is 0. The van der Waals surface area contributed by atoms with Crippen molar-refractivity contribution in [3.8, 4) is 11.5 Å². The first-order valence-corrected chi connectivity index (χ1v) is 10.1. The van der Waals surface area contributed by atoms with Crippen molar-refractivity contribution in [3.05, 3.63) is 30.2 Å². The Morgan fingerprint density at radius 1 is 1.38 bits per heavy atom. The zero-order chi connectivity index (χ0) is 22.9. The molecule has 1 saturated heterocycles. The second-order valence-corrected chi connectivity index (χ2v) is 7.95. The molecule has 2 aromatic heterocycles. The van der Waals surface area contributed by atoms with Crippen LogP contribution in [0.25, 0.3) is 22.4 Å². The highest BCUT2D eigenvalue weighted by molar-refractivity contribution is 5.96. The molecule has 9 nitrogen and oxygen atoms in total. The molecule has 1 fully saturated rings. The van der Waals surface area contributed by atoms with E-state index in [9.17, 15) is 18.0 Å². The molecule has 0 bridgehead atoms. The minimum absolute atomic E-state index is 0.00240.